The number of benzene rings is 9. The molecular weight excluding hydrogens is 651 g/mol. The summed E-state index contributed by atoms with van der Waals surface area (Å²) in [7, 11) is 0. The number of hydrogen-bond acceptors (Lipinski definition) is 1. The van der Waals surface area contributed by atoms with Gasteiger partial charge in [0.2, 0.25) is 0 Å². The van der Waals surface area contributed by atoms with Crippen LogP contribution >= 0.6 is 0 Å². The Morgan fingerprint density at radius 1 is 0.315 bits per heavy atom. The minimum Gasteiger partial charge on any atom is -0.310 e. The molecule has 9 aromatic carbocycles. The first-order valence-corrected chi connectivity index (χ1v) is 18.8. The van der Waals surface area contributed by atoms with Crippen molar-refractivity contribution in [3.8, 4) is 44.5 Å². The van der Waals surface area contributed by atoms with Gasteiger partial charge in [-0.25, -0.2) is 0 Å². The van der Waals surface area contributed by atoms with Crippen LogP contribution in [0.5, 0.6) is 0 Å². The van der Waals surface area contributed by atoms with E-state index in [2.05, 4.69) is 219 Å². The Morgan fingerprint density at radius 2 is 0.796 bits per heavy atom. The van der Waals surface area contributed by atoms with E-state index in [4.69, 9.17) is 0 Å². The Balaban J connectivity index is 1.09. The van der Waals surface area contributed by atoms with Crippen LogP contribution in [0.15, 0.2) is 200 Å². The average molecular weight is 690 g/mol. The highest BCUT2D eigenvalue weighted by Gasteiger charge is 2.36. The van der Waals surface area contributed by atoms with Crippen LogP contribution in [0.1, 0.15) is 25.0 Å². The molecule has 9 aromatic rings. The van der Waals surface area contributed by atoms with E-state index in [-0.39, 0.29) is 5.41 Å². The van der Waals surface area contributed by atoms with E-state index in [0.29, 0.717) is 0 Å². The summed E-state index contributed by atoms with van der Waals surface area (Å²) < 4.78 is 0. The van der Waals surface area contributed by atoms with Gasteiger partial charge in [-0.1, -0.05) is 166 Å². The summed E-state index contributed by atoms with van der Waals surface area (Å²) in [6, 6.07) is 73.4. The Labute approximate surface area is 317 Å². The van der Waals surface area contributed by atoms with Crippen LogP contribution in [-0.2, 0) is 5.41 Å². The van der Waals surface area contributed by atoms with Crippen molar-refractivity contribution < 1.29 is 0 Å². The fourth-order valence-corrected chi connectivity index (χ4v) is 8.55. The molecule has 0 spiro atoms. The highest BCUT2D eigenvalue weighted by atomic mass is 15.1. The summed E-state index contributed by atoms with van der Waals surface area (Å²) in [5.74, 6) is 0. The minimum atomic E-state index is -0.187. The van der Waals surface area contributed by atoms with Gasteiger partial charge in [-0.2, -0.15) is 0 Å². The quantitative estimate of drug-likeness (QED) is 0.157. The molecule has 10 rings (SSSR count). The molecular formula is C53H39N. The zero-order chi connectivity index (χ0) is 36.2. The van der Waals surface area contributed by atoms with Gasteiger partial charge >= 0.3 is 0 Å². The van der Waals surface area contributed by atoms with Gasteiger partial charge in [0.05, 0.1) is 5.69 Å². The third-order valence-corrected chi connectivity index (χ3v) is 11.4. The van der Waals surface area contributed by atoms with Crippen LogP contribution < -0.4 is 4.90 Å². The van der Waals surface area contributed by atoms with Crippen molar-refractivity contribution in [2.45, 2.75) is 19.3 Å². The van der Waals surface area contributed by atoms with Crippen molar-refractivity contribution in [3.63, 3.8) is 0 Å². The fraction of sp³-hybridized carbons (Fsp3) is 0.0566. The molecule has 0 unspecified atom stereocenters. The standard InChI is InChI=1S/C53H39N/c1-53(2)50-34-43(38-23-21-37(22-24-38)36-13-5-3-6-14-36)26-29-48(50)49-30-28-46(35-51(49)53)54(52-20-12-11-19-47(52)39-15-7-4-8-16-39)45-27-25-42-31-40-17-9-10-18-41(40)32-44(42)33-45/h3-35H,1-2H3. The number of nitrogens with zero attached hydrogens (tertiary/aromatic N) is 1. The first-order chi connectivity index (χ1) is 26.5. The van der Waals surface area contributed by atoms with Gasteiger partial charge in [0, 0.05) is 22.4 Å². The Bertz CT molecular complexity index is 2830. The molecule has 1 heteroatoms. The average Bonchev–Trinajstić information content (AvgIpc) is 3.45. The molecule has 1 aliphatic carbocycles. The zero-order valence-corrected chi connectivity index (χ0v) is 30.5. The van der Waals surface area contributed by atoms with Crippen LogP contribution in [0.3, 0.4) is 0 Å². The predicted molar refractivity (Wildman–Crippen MR) is 230 cm³/mol. The smallest absolute Gasteiger partial charge is 0.0540 e. The van der Waals surface area contributed by atoms with Gasteiger partial charge in [0.15, 0.2) is 0 Å². The molecule has 1 aliphatic rings. The Kier molecular flexibility index (Phi) is 7.56. The maximum Gasteiger partial charge on any atom is 0.0540 e. The third-order valence-electron chi connectivity index (χ3n) is 11.4. The van der Waals surface area contributed by atoms with Gasteiger partial charge in [-0.15, -0.1) is 0 Å². The molecule has 256 valence electrons. The Hall–Kier alpha value is -6.70. The van der Waals surface area contributed by atoms with Crippen molar-refractivity contribution in [1.82, 2.24) is 0 Å². The molecule has 0 saturated heterocycles. The number of anilines is 3. The summed E-state index contributed by atoms with van der Waals surface area (Å²) in [6.07, 6.45) is 0. The molecule has 0 amide bonds. The van der Waals surface area contributed by atoms with Crippen molar-refractivity contribution in [2.75, 3.05) is 4.90 Å². The maximum atomic E-state index is 2.45. The summed E-state index contributed by atoms with van der Waals surface area (Å²) >= 11 is 0. The van der Waals surface area contributed by atoms with Crippen LogP contribution in [0, 0.1) is 0 Å². The topological polar surface area (TPSA) is 3.24 Å². The highest BCUT2D eigenvalue weighted by molar-refractivity contribution is 6.01. The van der Waals surface area contributed by atoms with Gasteiger partial charge in [-0.05, 0) is 120 Å². The van der Waals surface area contributed by atoms with Crippen LogP contribution in [0.4, 0.5) is 17.1 Å². The predicted octanol–water partition coefficient (Wildman–Crippen LogP) is 14.8. The van der Waals surface area contributed by atoms with Gasteiger partial charge in [-0.3, -0.25) is 0 Å². The van der Waals surface area contributed by atoms with Crippen molar-refractivity contribution in [3.05, 3.63) is 211 Å². The van der Waals surface area contributed by atoms with E-state index >= 15 is 0 Å². The number of hydrogen-bond donors (Lipinski definition) is 0. The second kappa shape index (κ2) is 12.8. The second-order valence-electron chi connectivity index (χ2n) is 15.0. The highest BCUT2D eigenvalue weighted by Crippen LogP contribution is 2.52. The van der Waals surface area contributed by atoms with Crippen molar-refractivity contribution in [2.24, 2.45) is 0 Å². The van der Waals surface area contributed by atoms with Crippen molar-refractivity contribution >= 4 is 38.6 Å². The van der Waals surface area contributed by atoms with Gasteiger partial charge in [0.1, 0.15) is 0 Å². The van der Waals surface area contributed by atoms with Crippen LogP contribution in [-0.4, -0.2) is 0 Å². The molecule has 0 radical (unpaired) electrons. The first kappa shape index (κ1) is 32.0. The molecule has 0 N–H and O–H groups in total. The lowest BCUT2D eigenvalue weighted by molar-refractivity contribution is 0.660. The van der Waals surface area contributed by atoms with Crippen LogP contribution in [0.25, 0.3) is 66.1 Å². The molecule has 0 saturated carbocycles. The molecule has 0 aromatic heterocycles. The minimum absolute atomic E-state index is 0.187. The van der Waals surface area contributed by atoms with E-state index in [9.17, 15) is 0 Å². The monoisotopic (exact) mass is 689 g/mol. The summed E-state index contributed by atoms with van der Waals surface area (Å²) in [5, 5.41) is 4.98. The molecule has 1 nitrogen and oxygen atoms in total. The van der Waals surface area contributed by atoms with E-state index in [0.717, 1.165) is 17.1 Å². The van der Waals surface area contributed by atoms with Gasteiger partial charge < -0.3 is 4.90 Å². The largest absolute Gasteiger partial charge is 0.310 e. The van der Waals surface area contributed by atoms with E-state index in [1.54, 1.807) is 0 Å². The summed E-state index contributed by atoms with van der Waals surface area (Å²) in [5.41, 5.74) is 15.9. The number of fused-ring (bicyclic) bond motifs is 5. The number of para-hydroxylation sites is 1. The lowest BCUT2D eigenvalue weighted by Gasteiger charge is -2.30. The first-order valence-electron chi connectivity index (χ1n) is 18.8. The second-order valence-corrected chi connectivity index (χ2v) is 15.0. The summed E-state index contributed by atoms with van der Waals surface area (Å²) in [6.45, 7) is 4.76. The fourth-order valence-electron chi connectivity index (χ4n) is 8.55. The number of rotatable bonds is 6. The maximum absolute atomic E-state index is 2.45. The van der Waals surface area contributed by atoms with Crippen LogP contribution in [0.2, 0.25) is 0 Å². The van der Waals surface area contributed by atoms with Crippen molar-refractivity contribution in [1.29, 1.82) is 0 Å². The molecule has 0 atom stereocenters. The normalized spacial score (nSPS) is 12.8. The zero-order valence-electron chi connectivity index (χ0n) is 30.5. The SMILES string of the molecule is CC1(C)c2cc(-c3ccc(-c4ccccc4)cc3)ccc2-c2ccc(N(c3ccc4cc5ccccc5cc4c3)c3ccccc3-c3ccccc3)cc21. The van der Waals surface area contributed by atoms with E-state index in [1.807, 2.05) is 0 Å². The summed E-state index contributed by atoms with van der Waals surface area (Å²) in [4.78, 5) is 2.45. The Morgan fingerprint density at radius 3 is 1.52 bits per heavy atom. The lowest BCUT2D eigenvalue weighted by Crippen LogP contribution is -2.17. The molecule has 0 bridgehead atoms. The van der Waals surface area contributed by atoms with E-state index < -0.39 is 0 Å². The molecule has 54 heavy (non-hydrogen) atoms. The van der Waals surface area contributed by atoms with E-state index in [1.165, 1.54) is 77.2 Å². The third kappa shape index (κ3) is 5.40. The molecule has 0 fully saturated rings. The molecule has 0 aliphatic heterocycles. The lowest BCUT2D eigenvalue weighted by atomic mass is 9.81. The molecule has 0 heterocycles. The van der Waals surface area contributed by atoms with Gasteiger partial charge in [0.25, 0.3) is 0 Å².